The highest BCUT2D eigenvalue weighted by Gasteiger charge is 2.25. The van der Waals surface area contributed by atoms with E-state index in [1.807, 2.05) is 71.4 Å². The molecule has 0 bridgehead atoms. The Morgan fingerprint density at radius 1 is 1.17 bits per heavy atom. The van der Waals surface area contributed by atoms with Crippen molar-refractivity contribution < 1.29 is 13.0 Å². The minimum Gasteiger partial charge on any atom is -0.337 e. The first kappa shape index (κ1) is 25.3. The largest absolute Gasteiger partial charge is 0.337 e. The first-order valence-electron chi connectivity index (χ1n) is 11.1. The third-order valence-corrected chi connectivity index (χ3v) is 10.6. The highest BCUT2D eigenvalue weighted by molar-refractivity contribution is 8.08. The second-order valence-corrected chi connectivity index (χ2v) is 13.7. The molecule has 3 heterocycles. The van der Waals surface area contributed by atoms with Crippen molar-refractivity contribution in [2.24, 2.45) is 0 Å². The summed E-state index contributed by atoms with van der Waals surface area (Å²) < 4.78 is 29.9. The van der Waals surface area contributed by atoms with Gasteiger partial charge in [-0.1, -0.05) is 52.9 Å². The quantitative estimate of drug-likeness (QED) is 0.340. The summed E-state index contributed by atoms with van der Waals surface area (Å²) >= 11 is 10.8. The molecule has 2 aromatic heterocycles. The Hall–Kier alpha value is -2.37. The van der Waals surface area contributed by atoms with Gasteiger partial charge in [-0.25, -0.2) is 8.42 Å². The second kappa shape index (κ2) is 9.83. The minimum absolute atomic E-state index is 0.0208. The predicted molar refractivity (Wildman–Crippen MR) is 149 cm³/mol. The Morgan fingerprint density at radius 3 is 2.69 bits per heavy atom. The van der Waals surface area contributed by atoms with E-state index in [2.05, 4.69) is 0 Å². The minimum atomic E-state index is -3.34. The molecule has 36 heavy (non-hydrogen) atoms. The van der Waals surface area contributed by atoms with Gasteiger partial charge in [0, 0.05) is 35.3 Å². The molecule has 0 radical (unpaired) electrons. The SMILES string of the molecule is CCn1c(=O)/c(=C2\Sc3cc(Cl)ccc3N2C)s/c1=C\c1scc[n+]1Cc1ccccc1S(C)(=O)=O. The second-order valence-electron chi connectivity index (χ2n) is 8.29. The van der Waals surface area contributed by atoms with E-state index in [9.17, 15) is 13.2 Å². The molecule has 0 spiro atoms. The predicted octanol–water partition coefficient (Wildman–Crippen LogP) is 3.52. The van der Waals surface area contributed by atoms with Crippen molar-refractivity contribution in [3.63, 3.8) is 0 Å². The van der Waals surface area contributed by atoms with Crippen molar-refractivity contribution in [2.75, 3.05) is 18.2 Å². The van der Waals surface area contributed by atoms with E-state index in [1.165, 1.54) is 17.6 Å². The maximum atomic E-state index is 13.4. The van der Waals surface area contributed by atoms with Crippen molar-refractivity contribution in [1.29, 1.82) is 0 Å². The zero-order chi connectivity index (χ0) is 25.6. The molecule has 1 aliphatic heterocycles. The summed E-state index contributed by atoms with van der Waals surface area (Å²) in [7, 11) is -1.38. The number of thioether (sulfide) groups is 1. The summed E-state index contributed by atoms with van der Waals surface area (Å²) in [6.45, 7) is 2.92. The molecule has 5 rings (SSSR count). The molecular formula is C25H23ClN3O3S4+. The molecule has 1 aliphatic rings. The zero-order valence-corrected chi connectivity index (χ0v) is 23.8. The lowest BCUT2D eigenvalue weighted by Crippen LogP contribution is -2.36. The van der Waals surface area contributed by atoms with Crippen LogP contribution in [0.15, 0.2) is 68.6 Å². The third-order valence-electron chi connectivity index (χ3n) is 5.89. The normalized spacial score (nSPS) is 15.6. The average molecular weight is 577 g/mol. The lowest BCUT2D eigenvalue weighted by molar-refractivity contribution is -0.685. The molecule has 0 fully saturated rings. The van der Waals surface area contributed by atoms with Crippen molar-refractivity contribution in [1.82, 2.24) is 4.57 Å². The Balaban J connectivity index is 1.60. The number of aromatic nitrogens is 2. The van der Waals surface area contributed by atoms with Crippen molar-refractivity contribution in [3.8, 4) is 0 Å². The van der Waals surface area contributed by atoms with Crippen LogP contribution < -0.4 is 24.2 Å². The highest BCUT2D eigenvalue weighted by atomic mass is 35.5. The summed E-state index contributed by atoms with van der Waals surface area (Å²) in [5.74, 6) is 0. The van der Waals surface area contributed by atoms with Gasteiger partial charge in [0.15, 0.2) is 22.6 Å². The van der Waals surface area contributed by atoms with Crippen molar-refractivity contribution in [2.45, 2.75) is 29.8 Å². The van der Waals surface area contributed by atoms with E-state index in [0.29, 0.717) is 27.5 Å². The van der Waals surface area contributed by atoms with Crippen LogP contribution in [0.4, 0.5) is 5.69 Å². The standard InChI is InChI=1S/C25H23ClN3O3S4/c1-4-29-22(35-23(24(29)30)25-27(2)18-10-9-17(26)13-19(18)34-25)14-21-28(11-12-33-21)15-16-7-5-6-8-20(16)36(3,31)32/h5-14H,4,15H2,1-3H3/q+1/b25-23+. The molecule has 0 atom stereocenters. The summed E-state index contributed by atoms with van der Waals surface area (Å²) in [4.78, 5) is 16.8. The van der Waals surface area contributed by atoms with Gasteiger partial charge in [0.1, 0.15) is 14.2 Å². The molecule has 2 aromatic carbocycles. The smallest absolute Gasteiger partial charge is 0.271 e. The van der Waals surface area contributed by atoms with Gasteiger partial charge >= 0.3 is 0 Å². The van der Waals surface area contributed by atoms with Crippen LogP contribution in [0, 0.1) is 0 Å². The lowest BCUT2D eigenvalue weighted by Gasteiger charge is -2.12. The van der Waals surface area contributed by atoms with Crippen LogP contribution in [-0.4, -0.2) is 26.3 Å². The van der Waals surface area contributed by atoms with Crippen LogP contribution in [0.25, 0.3) is 11.1 Å². The van der Waals surface area contributed by atoms with Crippen LogP contribution in [0.3, 0.4) is 0 Å². The maximum absolute atomic E-state index is 13.4. The topological polar surface area (TPSA) is 63.3 Å². The zero-order valence-electron chi connectivity index (χ0n) is 19.8. The number of halogens is 1. The van der Waals surface area contributed by atoms with E-state index in [0.717, 1.165) is 30.8 Å². The van der Waals surface area contributed by atoms with Crippen LogP contribution in [-0.2, 0) is 22.9 Å². The molecule has 0 aliphatic carbocycles. The molecule has 0 saturated heterocycles. The van der Waals surface area contributed by atoms with E-state index in [4.69, 9.17) is 11.6 Å². The van der Waals surface area contributed by atoms with Crippen molar-refractivity contribution >= 4 is 72.7 Å². The van der Waals surface area contributed by atoms with E-state index >= 15 is 0 Å². The number of thiazole rings is 2. The molecule has 186 valence electrons. The van der Waals surface area contributed by atoms with Crippen LogP contribution in [0.1, 0.15) is 17.5 Å². The maximum Gasteiger partial charge on any atom is 0.271 e. The van der Waals surface area contributed by atoms with Gasteiger partial charge in [-0.15, -0.1) is 11.3 Å². The fraction of sp³-hybridized carbons (Fsp3) is 0.200. The summed E-state index contributed by atoms with van der Waals surface area (Å²) in [6, 6.07) is 12.8. The Bertz CT molecular complexity index is 1770. The van der Waals surface area contributed by atoms with Gasteiger partial charge in [-0.05, 0) is 31.2 Å². The highest BCUT2D eigenvalue weighted by Crippen LogP contribution is 2.46. The van der Waals surface area contributed by atoms with Gasteiger partial charge in [-0.2, -0.15) is 4.57 Å². The lowest BCUT2D eigenvalue weighted by atomic mass is 10.2. The Morgan fingerprint density at radius 2 is 1.94 bits per heavy atom. The van der Waals surface area contributed by atoms with E-state index in [-0.39, 0.29) is 5.56 Å². The number of rotatable bonds is 5. The molecule has 0 saturated carbocycles. The van der Waals surface area contributed by atoms with Gasteiger partial charge in [0.05, 0.1) is 22.0 Å². The number of sulfone groups is 1. The Labute approximate surface area is 226 Å². The molecule has 0 unspecified atom stereocenters. The van der Waals surface area contributed by atoms with Gasteiger partial charge < -0.3 is 4.90 Å². The molecule has 4 aromatic rings. The van der Waals surface area contributed by atoms with E-state index < -0.39 is 9.84 Å². The molecular weight excluding hydrogens is 554 g/mol. The number of hydrogen-bond acceptors (Lipinski definition) is 7. The summed E-state index contributed by atoms with van der Waals surface area (Å²) in [5, 5.41) is 4.46. The first-order valence-corrected chi connectivity index (χ1v) is 15.9. The summed E-state index contributed by atoms with van der Waals surface area (Å²) in [6.07, 6.45) is 5.18. The number of fused-ring (bicyclic) bond motifs is 1. The molecule has 0 N–H and O–H groups in total. The first-order chi connectivity index (χ1) is 17.2. The molecule has 11 heteroatoms. The van der Waals surface area contributed by atoms with Crippen LogP contribution >= 0.6 is 46.0 Å². The third kappa shape index (κ3) is 4.68. The average Bonchev–Trinajstić information content (AvgIpc) is 3.49. The summed E-state index contributed by atoms with van der Waals surface area (Å²) in [5.41, 5.74) is 1.74. The number of anilines is 1. The van der Waals surface area contributed by atoms with Gasteiger partial charge in [0.2, 0.25) is 0 Å². The molecule has 0 amide bonds. The van der Waals surface area contributed by atoms with Crippen molar-refractivity contribution in [3.05, 3.63) is 89.2 Å². The van der Waals surface area contributed by atoms with Crippen LogP contribution in [0.5, 0.6) is 0 Å². The fourth-order valence-electron chi connectivity index (χ4n) is 4.14. The molecule has 6 nitrogen and oxygen atoms in total. The van der Waals surface area contributed by atoms with Gasteiger partial charge in [0.25, 0.3) is 10.6 Å². The van der Waals surface area contributed by atoms with Crippen LogP contribution in [0.2, 0.25) is 5.02 Å². The number of benzene rings is 2. The number of hydrogen-bond donors (Lipinski definition) is 0. The Kier molecular flexibility index (Phi) is 6.90. The van der Waals surface area contributed by atoms with E-state index in [1.54, 1.807) is 39.8 Å². The number of nitrogens with zero attached hydrogens (tertiary/aromatic N) is 3. The van der Waals surface area contributed by atoms with Gasteiger partial charge in [-0.3, -0.25) is 9.36 Å². The monoisotopic (exact) mass is 576 g/mol. The fourth-order valence-corrected chi connectivity index (χ4v) is 8.67.